The molecule has 60 heavy (non-hydrogen) atoms. The van der Waals surface area contributed by atoms with Crippen LogP contribution in [0.5, 0.6) is 5.75 Å². The third-order valence-corrected chi connectivity index (χ3v) is 13.0. The first kappa shape index (κ1) is 42.6. The highest BCUT2D eigenvalue weighted by Crippen LogP contribution is 2.39. The highest BCUT2D eigenvalue weighted by atomic mass is 35.5. The first-order valence-electron chi connectivity index (χ1n) is 20.3. The van der Waals surface area contributed by atoms with Crippen LogP contribution in [0, 0.1) is 0 Å². The maximum Gasteiger partial charge on any atom is 0.255 e. The van der Waals surface area contributed by atoms with E-state index < -0.39 is 19.1 Å². The van der Waals surface area contributed by atoms with Gasteiger partial charge in [-0.3, -0.25) is 29.4 Å². The van der Waals surface area contributed by atoms with Gasteiger partial charge in [0.15, 0.2) is 5.82 Å². The lowest BCUT2D eigenvalue weighted by molar-refractivity contribution is -0.137. The molecule has 4 heterocycles. The molecule has 316 valence electrons. The van der Waals surface area contributed by atoms with E-state index in [1.165, 1.54) is 11.1 Å². The summed E-state index contributed by atoms with van der Waals surface area (Å²) < 4.78 is 18.7. The van der Waals surface area contributed by atoms with Crippen LogP contribution < -0.4 is 36.2 Å². The number of amides is 4. The van der Waals surface area contributed by atoms with Crippen molar-refractivity contribution in [2.45, 2.75) is 57.5 Å². The number of aromatic nitrogens is 2. The van der Waals surface area contributed by atoms with Crippen molar-refractivity contribution in [2.24, 2.45) is 0 Å². The number of rotatable bonds is 16. The number of nitrogens with one attached hydrogen (secondary N) is 4. The Morgan fingerprint density at radius 3 is 2.47 bits per heavy atom. The second kappa shape index (κ2) is 18.8. The van der Waals surface area contributed by atoms with E-state index in [9.17, 15) is 23.7 Å². The summed E-state index contributed by atoms with van der Waals surface area (Å²) in [7, 11) is -0.921. The van der Waals surface area contributed by atoms with Crippen LogP contribution in [0.4, 0.5) is 34.5 Å². The van der Waals surface area contributed by atoms with E-state index in [0.29, 0.717) is 68.9 Å². The van der Waals surface area contributed by atoms with E-state index in [0.717, 1.165) is 64.1 Å². The van der Waals surface area contributed by atoms with E-state index in [1.807, 2.05) is 36.4 Å². The van der Waals surface area contributed by atoms with Gasteiger partial charge in [0.05, 0.1) is 24.7 Å². The Morgan fingerprint density at radius 2 is 1.70 bits per heavy atom. The Hall–Kier alpha value is -5.50. The van der Waals surface area contributed by atoms with Crippen LogP contribution in [-0.2, 0) is 25.5 Å². The highest BCUT2D eigenvalue weighted by molar-refractivity contribution is 7.70. The highest BCUT2D eigenvalue weighted by Gasteiger charge is 2.40. The third-order valence-electron chi connectivity index (χ3n) is 11.1. The van der Waals surface area contributed by atoms with E-state index >= 15 is 0 Å². The number of ether oxygens (including phenoxy) is 1. The number of fused-ring (bicyclic) bond motifs is 1. The number of para-hydroxylation sites is 1. The van der Waals surface area contributed by atoms with Gasteiger partial charge in [0.25, 0.3) is 5.91 Å². The van der Waals surface area contributed by atoms with Crippen molar-refractivity contribution >= 4 is 82.2 Å². The van der Waals surface area contributed by atoms with Crippen molar-refractivity contribution in [2.75, 3.05) is 74.0 Å². The van der Waals surface area contributed by atoms with Crippen LogP contribution >= 0.6 is 18.7 Å². The molecule has 3 aromatic carbocycles. The van der Waals surface area contributed by atoms with Gasteiger partial charge in [0, 0.05) is 79.4 Å². The van der Waals surface area contributed by atoms with E-state index in [2.05, 4.69) is 47.1 Å². The van der Waals surface area contributed by atoms with E-state index in [1.54, 1.807) is 38.6 Å². The molecular weight excluding hydrogens is 805 g/mol. The molecule has 0 radical (unpaired) electrons. The molecule has 15 nitrogen and oxygen atoms in total. The fraction of sp³-hybridized carbons (Fsp3) is 0.395. The topological polar surface area (TPSA) is 178 Å². The molecule has 4 aromatic rings. The molecule has 2 saturated heterocycles. The van der Waals surface area contributed by atoms with Crippen LogP contribution in [0.3, 0.4) is 0 Å². The van der Waals surface area contributed by atoms with Gasteiger partial charge in [-0.05, 0) is 75.5 Å². The van der Waals surface area contributed by atoms with Crippen LogP contribution in [-0.4, -0.2) is 103 Å². The van der Waals surface area contributed by atoms with Gasteiger partial charge in [-0.2, -0.15) is 4.98 Å². The predicted octanol–water partition coefficient (Wildman–Crippen LogP) is 6.35. The fourth-order valence-corrected chi connectivity index (χ4v) is 9.21. The number of anilines is 6. The number of hydrogen-bond donors (Lipinski definition) is 4. The molecule has 1 atom stereocenters. The Kier molecular flexibility index (Phi) is 13.4. The van der Waals surface area contributed by atoms with Crippen molar-refractivity contribution in [1.29, 1.82) is 0 Å². The summed E-state index contributed by atoms with van der Waals surface area (Å²) in [6, 6.07) is 18.0. The minimum Gasteiger partial charge on any atom is -0.494 e. The quantitative estimate of drug-likeness (QED) is 0.0559. The first-order chi connectivity index (χ1) is 28.9. The molecule has 0 spiro atoms. The van der Waals surface area contributed by atoms with Gasteiger partial charge in [-0.15, -0.1) is 0 Å². The summed E-state index contributed by atoms with van der Waals surface area (Å²) in [5.41, 5.74) is 4.21. The zero-order chi connectivity index (χ0) is 42.4. The molecule has 3 aliphatic rings. The number of carbonyl (C=O) groups excluding carboxylic acids is 4. The van der Waals surface area contributed by atoms with Gasteiger partial charge in [0.2, 0.25) is 23.7 Å². The molecular formula is C43H51ClN9O6P. The van der Waals surface area contributed by atoms with Crippen molar-refractivity contribution in [3.05, 3.63) is 83.0 Å². The second-order valence-electron chi connectivity index (χ2n) is 15.7. The zero-order valence-electron chi connectivity index (χ0n) is 34.1. The summed E-state index contributed by atoms with van der Waals surface area (Å²) in [6.45, 7) is 8.32. The number of benzene rings is 3. The summed E-state index contributed by atoms with van der Waals surface area (Å²) in [5, 5.41) is 12.8. The Balaban J connectivity index is 0.827. The van der Waals surface area contributed by atoms with Gasteiger partial charge >= 0.3 is 0 Å². The Bertz CT molecular complexity index is 2310. The molecule has 3 aliphatic heterocycles. The number of piperazine rings is 1. The number of piperidine rings is 1. The normalized spacial score (nSPS) is 17.0. The fourth-order valence-electron chi connectivity index (χ4n) is 7.91. The van der Waals surface area contributed by atoms with Crippen LogP contribution in [0.15, 0.2) is 66.9 Å². The minimum absolute atomic E-state index is 0.100. The Morgan fingerprint density at radius 1 is 0.933 bits per heavy atom. The molecule has 0 saturated carbocycles. The predicted molar refractivity (Wildman–Crippen MR) is 235 cm³/mol. The van der Waals surface area contributed by atoms with Crippen molar-refractivity contribution in [1.82, 2.24) is 25.1 Å². The number of nitrogens with zero attached hydrogens (tertiary/aromatic N) is 5. The lowest BCUT2D eigenvalue weighted by Crippen LogP contribution is -2.52. The van der Waals surface area contributed by atoms with Gasteiger partial charge in [-0.25, -0.2) is 4.98 Å². The SMILES string of the molecule is COc1cc(N2CCN(CCCCCCC(=O)Nc3cccc4c3CN(C3CCC(=O)NC3=O)C4=O)CC2)ccc1Nc1ncc(Cl)c(Nc2ccccc2P(C)(C)=O)n1. The molecule has 4 N–H and O–H groups in total. The monoisotopic (exact) mass is 855 g/mol. The van der Waals surface area contributed by atoms with Crippen LogP contribution in [0.1, 0.15) is 60.9 Å². The minimum atomic E-state index is -2.55. The number of methoxy groups -OCH3 is 1. The Labute approximate surface area is 355 Å². The van der Waals surface area contributed by atoms with Crippen molar-refractivity contribution in [3.8, 4) is 5.75 Å². The third kappa shape index (κ3) is 10.1. The first-order valence-corrected chi connectivity index (χ1v) is 23.3. The zero-order valence-corrected chi connectivity index (χ0v) is 35.8. The van der Waals surface area contributed by atoms with E-state index in [4.69, 9.17) is 16.3 Å². The van der Waals surface area contributed by atoms with Gasteiger partial charge < -0.3 is 35.1 Å². The van der Waals surface area contributed by atoms with Crippen molar-refractivity contribution in [3.63, 3.8) is 0 Å². The largest absolute Gasteiger partial charge is 0.494 e. The molecule has 0 aliphatic carbocycles. The second-order valence-corrected chi connectivity index (χ2v) is 19.3. The van der Waals surface area contributed by atoms with Crippen molar-refractivity contribution < 1.29 is 28.5 Å². The average molecular weight is 856 g/mol. The maximum absolute atomic E-state index is 13.1. The molecule has 0 bridgehead atoms. The number of carbonyl (C=O) groups is 4. The molecule has 1 unspecified atom stereocenters. The van der Waals surface area contributed by atoms with Gasteiger partial charge in [0.1, 0.15) is 24.0 Å². The lowest BCUT2D eigenvalue weighted by atomic mass is 10.0. The molecule has 4 amide bonds. The lowest BCUT2D eigenvalue weighted by Gasteiger charge is -2.36. The standard InChI is InChI=1S/C43H51ClN9O6P/c1-59-36-25-28(16-17-33(36)48-43-45-26-31(44)40(50-43)47-34-12-7-8-14-37(34)60(2,3)58)52-23-21-51(22-24-52)20-9-5-4-6-15-38(54)46-32-13-10-11-29-30(32)27-53(42(29)57)35-18-19-39(55)49-41(35)56/h7-8,10-14,16-17,25-26,35H,4-6,9,15,18-24,27H2,1-3H3,(H,46,54)(H,49,55,56)(H2,45,47,48,50). The van der Waals surface area contributed by atoms with Gasteiger partial charge in [-0.1, -0.05) is 42.6 Å². The average Bonchev–Trinajstić information content (AvgIpc) is 3.57. The summed E-state index contributed by atoms with van der Waals surface area (Å²) in [4.78, 5) is 65.3. The smallest absolute Gasteiger partial charge is 0.255 e. The molecule has 17 heteroatoms. The number of unbranched alkanes of at least 4 members (excludes halogenated alkanes) is 3. The maximum atomic E-state index is 13.1. The van der Waals surface area contributed by atoms with Crippen LogP contribution in [0.2, 0.25) is 5.02 Å². The molecule has 2 fully saturated rings. The number of imide groups is 1. The van der Waals surface area contributed by atoms with E-state index in [-0.39, 0.29) is 30.7 Å². The number of hydrogen-bond acceptors (Lipinski definition) is 12. The summed E-state index contributed by atoms with van der Waals surface area (Å²) in [6.07, 6.45) is 6.16. The summed E-state index contributed by atoms with van der Waals surface area (Å²) >= 11 is 6.46. The summed E-state index contributed by atoms with van der Waals surface area (Å²) in [5.74, 6) is 0.222. The molecule has 7 rings (SSSR count). The number of halogens is 1. The van der Waals surface area contributed by atoms with Crippen LogP contribution in [0.25, 0.3) is 0 Å². The molecule has 1 aromatic heterocycles.